The Morgan fingerprint density at radius 3 is 2.72 bits per heavy atom. The van der Waals surface area contributed by atoms with Crippen molar-refractivity contribution in [1.82, 2.24) is 5.32 Å². The van der Waals surface area contributed by atoms with Gasteiger partial charge in [0.1, 0.15) is 0 Å². The van der Waals surface area contributed by atoms with E-state index < -0.39 is 0 Å². The maximum Gasteiger partial charge on any atom is 0.0136 e. The third-order valence-corrected chi connectivity index (χ3v) is 4.25. The van der Waals surface area contributed by atoms with Crippen LogP contribution in [0.3, 0.4) is 0 Å². The van der Waals surface area contributed by atoms with Crippen LogP contribution >= 0.6 is 0 Å². The average molecular weight is 239 g/mol. The summed E-state index contributed by atoms with van der Waals surface area (Å²) in [5.41, 5.74) is 1.52. The Labute approximate surface area is 109 Å². The smallest absolute Gasteiger partial charge is 0.0136 e. The first-order chi connectivity index (χ1) is 8.79. The van der Waals surface area contributed by atoms with Crippen LogP contribution in [0.5, 0.6) is 0 Å². The molecule has 0 radical (unpaired) electrons. The molecule has 2 aromatic rings. The molecule has 1 heterocycles. The molecular weight excluding hydrogens is 218 g/mol. The first-order valence-electron chi connectivity index (χ1n) is 7.03. The first-order valence-corrected chi connectivity index (χ1v) is 7.03. The van der Waals surface area contributed by atoms with Crippen molar-refractivity contribution < 1.29 is 0 Å². The number of benzene rings is 2. The van der Waals surface area contributed by atoms with Crippen LogP contribution < -0.4 is 5.32 Å². The van der Waals surface area contributed by atoms with Gasteiger partial charge in [0.15, 0.2) is 0 Å². The van der Waals surface area contributed by atoms with E-state index in [2.05, 4.69) is 61.6 Å². The largest absolute Gasteiger partial charge is 0.311 e. The first kappa shape index (κ1) is 11.7. The van der Waals surface area contributed by atoms with Gasteiger partial charge >= 0.3 is 0 Å². The number of hydrogen-bond donors (Lipinski definition) is 1. The lowest BCUT2D eigenvalue weighted by molar-refractivity contribution is 0.519. The van der Waals surface area contributed by atoms with Crippen LogP contribution in [0, 0.1) is 0 Å². The van der Waals surface area contributed by atoms with Crippen LogP contribution in [0.25, 0.3) is 10.8 Å². The Bertz CT molecular complexity index is 541. The fraction of sp³-hybridized carbons (Fsp3) is 0.412. The minimum absolute atomic E-state index is 0.630. The highest BCUT2D eigenvalue weighted by molar-refractivity contribution is 5.86. The summed E-state index contributed by atoms with van der Waals surface area (Å²) in [6.45, 7) is 4.58. The van der Waals surface area contributed by atoms with Gasteiger partial charge in [-0.1, -0.05) is 49.4 Å². The molecule has 1 saturated heterocycles. The van der Waals surface area contributed by atoms with Gasteiger partial charge < -0.3 is 5.32 Å². The Kier molecular flexibility index (Phi) is 3.09. The molecule has 94 valence electrons. The van der Waals surface area contributed by atoms with Gasteiger partial charge in [-0.2, -0.15) is 0 Å². The van der Waals surface area contributed by atoms with E-state index in [-0.39, 0.29) is 0 Å². The lowest BCUT2D eigenvalue weighted by Gasteiger charge is -2.20. The van der Waals surface area contributed by atoms with Gasteiger partial charge in [-0.3, -0.25) is 0 Å². The molecule has 1 aliphatic heterocycles. The maximum atomic E-state index is 3.72. The molecule has 3 unspecified atom stereocenters. The van der Waals surface area contributed by atoms with E-state index in [1.807, 2.05) is 0 Å². The van der Waals surface area contributed by atoms with E-state index in [0.29, 0.717) is 18.0 Å². The van der Waals surface area contributed by atoms with Crippen LogP contribution in [0.1, 0.15) is 38.2 Å². The zero-order chi connectivity index (χ0) is 12.5. The van der Waals surface area contributed by atoms with Crippen molar-refractivity contribution in [2.75, 3.05) is 0 Å². The fourth-order valence-corrected chi connectivity index (χ4v) is 3.41. The highest BCUT2D eigenvalue weighted by Gasteiger charge is 2.31. The van der Waals surface area contributed by atoms with Gasteiger partial charge in [-0.25, -0.2) is 0 Å². The fourth-order valence-electron chi connectivity index (χ4n) is 3.41. The molecule has 1 fully saturated rings. The maximum absolute atomic E-state index is 3.72. The Morgan fingerprint density at radius 2 is 1.89 bits per heavy atom. The molecule has 3 atom stereocenters. The molecule has 1 N–H and O–H groups in total. The molecule has 3 rings (SSSR count). The predicted molar refractivity (Wildman–Crippen MR) is 78.0 cm³/mol. The van der Waals surface area contributed by atoms with Crippen LogP contribution in [-0.2, 0) is 0 Å². The van der Waals surface area contributed by atoms with Crippen LogP contribution in [0.2, 0.25) is 0 Å². The molecule has 0 amide bonds. The SMILES string of the molecule is CCC1NC(C)CC1c1cccc2ccccc12. The summed E-state index contributed by atoms with van der Waals surface area (Å²) in [5, 5.41) is 6.51. The second-order valence-corrected chi connectivity index (χ2v) is 5.49. The summed E-state index contributed by atoms with van der Waals surface area (Å²) in [4.78, 5) is 0. The summed E-state index contributed by atoms with van der Waals surface area (Å²) in [6.07, 6.45) is 2.46. The minimum Gasteiger partial charge on any atom is -0.311 e. The summed E-state index contributed by atoms with van der Waals surface area (Å²) in [6, 6.07) is 16.8. The Hall–Kier alpha value is -1.34. The summed E-state index contributed by atoms with van der Waals surface area (Å²) >= 11 is 0. The Balaban J connectivity index is 2.08. The molecular formula is C17H21N. The number of fused-ring (bicyclic) bond motifs is 1. The highest BCUT2D eigenvalue weighted by Crippen LogP contribution is 2.36. The molecule has 0 aromatic heterocycles. The van der Waals surface area contributed by atoms with Gasteiger partial charge in [0, 0.05) is 18.0 Å². The van der Waals surface area contributed by atoms with Gasteiger partial charge in [-0.05, 0) is 36.1 Å². The quantitative estimate of drug-likeness (QED) is 0.832. The molecule has 0 aliphatic carbocycles. The zero-order valence-electron chi connectivity index (χ0n) is 11.2. The molecule has 1 aliphatic rings. The standard InChI is InChI=1S/C17H21N/c1-3-17-16(11-12(2)18-17)15-10-6-8-13-7-4-5-9-14(13)15/h4-10,12,16-18H,3,11H2,1-2H3. The summed E-state index contributed by atoms with van der Waals surface area (Å²) in [7, 11) is 0. The predicted octanol–water partition coefficient (Wildman–Crippen LogP) is 4.08. The normalized spacial score (nSPS) is 27.8. The van der Waals surface area contributed by atoms with Crippen molar-refractivity contribution in [2.45, 2.75) is 44.7 Å². The molecule has 18 heavy (non-hydrogen) atoms. The van der Waals surface area contributed by atoms with E-state index in [4.69, 9.17) is 0 Å². The topological polar surface area (TPSA) is 12.0 Å². The van der Waals surface area contributed by atoms with E-state index >= 15 is 0 Å². The van der Waals surface area contributed by atoms with Gasteiger partial charge in [0.25, 0.3) is 0 Å². The molecule has 2 aromatic carbocycles. The minimum atomic E-state index is 0.630. The van der Waals surface area contributed by atoms with Crippen molar-refractivity contribution in [3.8, 4) is 0 Å². The van der Waals surface area contributed by atoms with Gasteiger partial charge in [-0.15, -0.1) is 0 Å². The van der Waals surface area contributed by atoms with E-state index in [1.54, 1.807) is 0 Å². The van der Waals surface area contributed by atoms with Crippen LogP contribution in [-0.4, -0.2) is 12.1 Å². The van der Waals surface area contributed by atoms with E-state index in [1.165, 1.54) is 29.2 Å². The van der Waals surface area contributed by atoms with Gasteiger partial charge in [0.2, 0.25) is 0 Å². The van der Waals surface area contributed by atoms with Crippen molar-refractivity contribution >= 4 is 10.8 Å². The van der Waals surface area contributed by atoms with Crippen molar-refractivity contribution in [1.29, 1.82) is 0 Å². The summed E-state index contributed by atoms with van der Waals surface area (Å²) in [5.74, 6) is 0.663. The third-order valence-electron chi connectivity index (χ3n) is 4.25. The van der Waals surface area contributed by atoms with Crippen molar-refractivity contribution in [3.63, 3.8) is 0 Å². The number of rotatable bonds is 2. The number of nitrogens with one attached hydrogen (secondary N) is 1. The molecule has 1 heteroatoms. The van der Waals surface area contributed by atoms with E-state index in [9.17, 15) is 0 Å². The highest BCUT2D eigenvalue weighted by atomic mass is 15.0. The number of hydrogen-bond acceptors (Lipinski definition) is 1. The average Bonchev–Trinajstić information content (AvgIpc) is 2.79. The molecule has 1 nitrogen and oxygen atoms in total. The Morgan fingerprint density at radius 1 is 1.11 bits per heavy atom. The summed E-state index contributed by atoms with van der Waals surface area (Å²) < 4.78 is 0. The van der Waals surface area contributed by atoms with E-state index in [0.717, 1.165) is 0 Å². The zero-order valence-corrected chi connectivity index (χ0v) is 11.2. The van der Waals surface area contributed by atoms with Crippen LogP contribution in [0.4, 0.5) is 0 Å². The lowest BCUT2D eigenvalue weighted by atomic mass is 9.86. The monoisotopic (exact) mass is 239 g/mol. The lowest BCUT2D eigenvalue weighted by Crippen LogP contribution is -2.28. The third kappa shape index (κ3) is 1.93. The van der Waals surface area contributed by atoms with Gasteiger partial charge in [0.05, 0.1) is 0 Å². The van der Waals surface area contributed by atoms with Crippen molar-refractivity contribution in [3.05, 3.63) is 48.0 Å². The van der Waals surface area contributed by atoms with Crippen molar-refractivity contribution in [2.24, 2.45) is 0 Å². The second-order valence-electron chi connectivity index (χ2n) is 5.49. The van der Waals surface area contributed by atoms with Crippen LogP contribution in [0.15, 0.2) is 42.5 Å². The second kappa shape index (κ2) is 4.74. The molecule has 0 saturated carbocycles. The molecule has 0 spiro atoms. The molecule has 0 bridgehead atoms.